The lowest BCUT2D eigenvalue weighted by Crippen LogP contribution is -2.44. The van der Waals surface area contributed by atoms with Gasteiger partial charge >= 0.3 is 0 Å². The SMILES string of the molecule is CNC(=O)C(O)C(O)C(=O)CCCOCCOCCOCCOCCOCCOCCNS(=O)(=O)c1ccc(Oc2c(F)cc(/C=C(\C)C(=O)N=C(N)N)cc2F)cc1. The topological polar surface area (TPSA) is 279 Å². The first kappa shape index (κ1) is 50.7. The molecule has 0 bridgehead atoms. The molecule has 2 amide bonds. The molecule has 19 nitrogen and oxygen atoms in total. The molecule has 22 heteroatoms. The minimum Gasteiger partial charge on any atom is -0.451 e. The number of amides is 2. The molecular weight excluding hydrogens is 808 g/mol. The van der Waals surface area contributed by atoms with Crippen molar-refractivity contribution in [1.82, 2.24) is 10.0 Å². The molecule has 0 saturated heterocycles. The Kier molecular flexibility index (Phi) is 24.1. The number of nitrogens with zero attached hydrogens (tertiary/aromatic N) is 1. The molecule has 0 radical (unpaired) electrons. The highest BCUT2D eigenvalue weighted by Gasteiger charge is 2.28. The van der Waals surface area contributed by atoms with Gasteiger partial charge in [0.15, 0.2) is 35.2 Å². The number of hydrogen-bond donors (Lipinski definition) is 6. The maximum Gasteiger partial charge on any atom is 0.275 e. The van der Waals surface area contributed by atoms with Gasteiger partial charge in [-0.05, 0) is 61.4 Å². The number of rotatable bonds is 31. The number of nitrogens with two attached hydrogens (primary N) is 2. The smallest absolute Gasteiger partial charge is 0.275 e. The van der Waals surface area contributed by atoms with Crippen molar-refractivity contribution in [1.29, 1.82) is 0 Å². The zero-order valence-corrected chi connectivity index (χ0v) is 33.7. The van der Waals surface area contributed by atoms with Gasteiger partial charge < -0.3 is 60.2 Å². The number of sulfonamides is 1. The van der Waals surface area contributed by atoms with Crippen LogP contribution in [0, 0.1) is 11.6 Å². The summed E-state index contributed by atoms with van der Waals surface area (Å²) in [6.45, 7) is 4.82. The Morgan fingerprint density at radius 3 is 1.73 bits per heavy atom. The first-order valence-corrected chi connectivity index (χ1v) is 19.8. The highest BCUT2D eigenvalue weighted by atomic mass is 32.2. The second kappa shape index (κ2) is 28.1. The zero-order chi connectivity index (χ0) is 43.6. The van der Waals surface area contributed by atoms with E-state index < -0.39 is 63.2 Å². The molecule has 0 aliphatic heterocycles. The maximum absolute atomic E-state index is 14.7. The Balaban J connectivity index is 1.47. The van der Waals surface area contributed by atoms with Gasteiger partial charge in [0.05, 0.1) is 77.6 Å². The summed E-state index contributed by atoms with van der Waals surface area (Å²) < 4.78 is 94.7. The van der Waals surface area contributed by atoms with Crippen molar-refractivity contribution in [3.05, 3.63) is 59.2 Å². The quantitative estimate of drug-likeness (QED) is 0.0255. The summed E-state index contributed by atoms with van der Waals surface area (Å²) in [5, 5.41) is 21.4. The lowest BCUT2D eigenvalue weighted by molar-refractivity contribution is -0.144. The highest BCUT2D eigenvalue weighted by molar-refractivity contribution is 7.89. The molecule has 59 heavy (non-hydrogen) atoms. The third kappa shape index (κ3) is 20.4. The van der Waals surface area contributed by atoms with E-state index in [4.69, 9.17) is 44.6 Å². The molecular formula is C37H53F2N5O14S. The summed E-state index contributed by atoms with van der Waals surface area (Å²) >= 11 is 0. The summed E-state index contributed by atoms with van der Waals surface area (Å²) in [6, 6.07) is 6.79. The molecule has 2 rings (SSSR count). The summed E-state index contributed by atoms with van der Waals surface area (Å²) in [5.41, 5.74) is 10.4. The van der Waals surface area contributed by atoms with Gasteiger partial charge in [0.2, 0.25) is 10.0 Å². The number of benzene rings is 2. The van der Waals surface area contributed by atoms with Crippen LogP contribution in [0.1, 0.15) is 25.3 Å². The van der Waals surface area contributed by atoms with Gasteiger partial charge in [0, 0.05) is 32.2 Å². The lowest BCUT2D eigenvalue weighted by atomic mass is 10.1. The molecule has 2 unspecified atom stereocenters. The fraction of sp³-hybridized carbons (Fsp3) is 0.514. The van der Waals surface area contributed by atoms with Crippen LogP contribution in [0.4, 0.5) is 8.78 Å². The van der Waals surface area contributed by atoms with E-state index in [2.05, 4.69) is 15.0 Å². The first-order valence-electron chi connectivity index (χ1n) is 18.3. The van der Waals surface area contributed by atoms with Crippen molar-refractivity contribution in [3.63, 3.8) is 0 Å². The number of halogens is 2. The minimum atomic E-state index is -3.92. The van der Waals surface area contributed by atoms with Crippen molar-refractivity contribution in [3.8, 4) is 11.5 Å². The van der Waals surface area contributed by atoms with Crippen LogP contribution in [-0.4, -0.2) is 147 Å². The largest absolute Gasteiger partial charge is 0.451 e. The van der Waals surface area contributed by atoms with E-state index in [1.807, 2.05) is 0 Å². The third-order valence-electron chi connectivity index (χ3n) is 7.58. The van der Waals surface area contributed by atoms with E-state index in [0.717, 1.165) is 12.1 Å². The number of likely N-dealkylation sites (N-methyl/N-ethyl adjacent to an activating group) is 1. The van der Waals surface area contributed by atoms with E-state index in [0.29, 0.717) is 59.3 Å². The van der Waals surface area contributed by atoms with Crippen molar-refractivity contribution < 1.29 is 75.0 Å². The van der Waals surface area contributed by atoms with Gasteiger partial charge in [-0.15, -0.1) is 0 Å². The van der Waals surface area contributed by atoms with Gasteiger partial charge in [0.25, 0.3) is 11.8 Å². The molecule has 8 N–H and O–H groups in total. The number of hydrogen-bond acceptors (Lipinski definition) is 14. The predicted molar refractivity (Wildman–Crippen MR) is 208 cm³/mol. The van der Waals surface area contributed by atoms with E-state index >= 15 is 0 Å². The van der Waals surface area contributed by atoms with E-state index in [1.54, 1.807) is 0 Å². The fourth-order valence-electron chi connectivity index (χ4n) is 4.58. The van der Waals surface area contributed by atoms with Gasteiger partial charge in [-0.3, -0.25) is 14.4 Å². The van der Waals surface area contributed by atoms with Crippen molar-refractivity contribution >= 4 is 39.7 Å². The second-order valence-corrected chi connectivity index (χ2v) is 14.0. The number of aliphatic imine (C=N–C) groups is 1. The number of aliphatic hydroxyl groups is 2. The highest BCUT2D eigenvalue weighted by Crippen LogP contribution is 2.30. The number of guanidine groups is 1. The Labute approximate surface area is 341 Å². The Morgan fingerprint density at radius 2 is 1.25 bits per heavy atom. The summed E-state index contributed by atoms with van der Waals surface area (Å²) in [6.07, 6.45) is -2.11. The van der Waals surface area contributed by atoms with E-state index in [1.165, 1.54) is 44.3 Å². The minimum absolute atomic E-state index is 0.0198. The van der Waals surface area contributed by atoms with Crippen molar-refractivity contribution in [2.45, 2.75) is 36.9 Å². The van der Waals surface area contributed by atoms with Gasteiger partial charge in [-0.2, -0.15) is 4.99 Å². The molecule has 0 spiro atoms. The molecule has 2 aromatic rings. The molecule has 0 fully saturated rings. The second-order valence-electron chi connectivity index (χ2n) is 12.2. The van der Waals surface area contributed by atoms with Crippen LogP contribution in [0.15, 0.2) is 51.9 Å². The number of ketones is 1. The van der Waals surface area contributed by atoms with Gasteiger partial charge in [-0.25, -0.2) is 21.9 Å². The number of carbonyl (C=O) groups excluding carboxylic acids is 3. The molecule has 330 valence electrons. The number of aliphatic hydroxyl groups excluding tert-OH is 2. The third-order valence-corrected chi connectivity index (χ3v) is 9.06. The standard InChI is InChI=1S/C37H53F2N5O14S/c1-25(35(48)44-37(40)41)22-26-23-29(38)34(30(39)24-26)58-27-5-7-28(8-6-27)59(50,51)43-9-11-53-13-15-55-17-19-57-21-20-56-18-16-54-14-12-52-10-3-4-31(45)32(46)33(47)36(49)42-2/h5-8,22-24,32-33,43,46-47H,3-4,9-21H2,1-2H3,(H,42,49)(H4,40,41,44,48)/b25-22+. The van der Waals surface area contributed by atoms with Gasteiger partial charge in [0.1, 0.15) is 11.9 Å². The molecule has 0 aromatic heterocycles. The van der Waals surface area contributed by atoms with Crippen LogP contribution in [0.3, 0.4) is 0 Å². The van der Waals surface area contributed by atoms with Gasteiger partial charge in [-0.1, -0.05) is 0 Å². The molecule has 0 heterocycles. The molecule has 0 aliphatic carbocycles. The van der Waals surface area contributed by atoms with E-state index in [9.17, 15) is 41.8 Å². The lowest BCUT2D eigenvalue weighted by Gasteiger charge is -2.15. The van der Waals surface area contributed by atoms with Crippen molar-refractivity contribution in [2.24, 2.45) is 16.5 Å². The summed E-state index contributed by atoms with van der Waals surface area (Å²) in [5.74, 6) is -5.60. The Bertz CT molecular complexity index is 1760. The number of ether oxygens (including phenoxy) is 7. The van der Waals surface area contributed by atoms with Crippen LogP contribution in [0.2, 0.25) is 0 Å². The maximum atomic E-state index is 14.7. The summed E-state index contributed by atoms with van der Waals surface area (Å²) in [4.78, 5) is 38.2. The predicted octanol–water partition coefficient (Wildman–Crippen LogP) is 0.155. The van der Waals surface area contributed by atoms with E-state index in [-0.39, 0.29) is 61.2 Å². The normalized spacial score (nSPS) is 12.8. The number of Topliss-reactive ketones (excluding diaryl/α,β-unsaturated/α-hetero) is 1. The fourth-order valence-corrected chi connectivity index (χ4v) is 5.59. The number of nitrogens with one attached hydrogen (secondary N) is 2. The van der Waals surface area contributed by atoms with Crippen LogP contribution in [0.5, 0.6) is 11.5 Å². The van der Waals surface area contributed by atoms with Crippen LogP contribution >= 0.6 is 0 Å². The monoisotopic (exact) mass is 861 g/mol. The molecule has 2 aromatic carbocycles. The van der Waals surface area contributed by atoms with Crippen LogP contribution < -0.4 is 26.2 Å². The molecule has 2 atom stereocenters. The average Bonchev–Trinajstić information content (AvgIpc) is 3.20. The first-order chi connectivity index (χ1) is 28.2. The summed E-state index contributed by atoms with van der Waals surface area (Å²) in [7, 11) is -2.64. The van der Waals surface area contributed by atoms with Crippen LogP contribution in [-0.2, 0) is 52.8 Å². The Hall–Kier alpha value is -4.49. The molecule has 0 saturated carbocycles. The van der Waals surface area contributed by atoms with Crippen LogP contribution in [0.25, 0.3) is 6.08 Å². The molecule has 0 aliphatic rings. The Morgan fingerprint density at radius 1 is 0.780 bits per heavy atom. The van der Waals surface area contributed by atoms with Crippen molar-refractivity contribution in [2.75, 3.05) is 92.9 Å². The average molecular weight is 862 g/mol. The zero-order valence-electron chi connectivity index (χ0n) is 32.9. The number of carbonyl (C=O) groups is 3.